The van der Waals surface area contributed by atoms with Gasteiger partial charge in [-0.15, -0.1) is 0 Å². The Hall–Kier alpha value is -3.71. The molecule has 1 heterocycles. The number of carbonyl (C=O) groups is 1. The summed E-state index contributed by atoms with van der Waals surface area (Å²) in [6.07, 6.45) is -0.845. The standard InChI is InChI=1S/C28H32N2O5/c1-3-33-25-20-24(30-15-17-32-18-16-30)26(34-4-2)19-23(25)29-28(31)27(21-11-7-5-8-12-21)35-22-13-9-6-10-14-22/h5-14,19-20,27H,3-4,15-18H2,1-2H3,(H,29,31). The van der Waals surface area contributed by atoms with Crippen LogP contribution >= 0.6 is 0 Å². The van der Waals surface area contributed by atoms with Gasteiger partial charge in [0, 0.05) is 30.8 Å². The van der Waals surface area contributed by atoms with E-state index in [2.05, 4.69) is 10.2 Å². The predicted molar refractivity (Wildman–Crippen MR) is 137 cm³/mol. The third-order valence-corrected chi connectivity index (χ3v) is 5.61. The molecule has 7 heteroatoms. The number of nitrogens with zero attached hydrogens (tertiary/aromatic N) is 1. The van der Waals surface area contributed by atoms with Crippen molar-refractivity contribution in [2.24, 2.45) is 0 Å². The van der Waals surface area contributed by atoms with Crippen molar-refractivity contribution in [1.29, 1.82) is 0 Å². The van der Waals surface area contributed by atoms with Gasteiger partial charge in [-0.2, -0.15) is 0 Å². The van der Waals surface area contributed by atoms with Crippen molar-refractivity contribution >= 4 is 17.3 Å². The predicted octanol–water partition coefficient (Wildman–Crippen LogP) is 5.08. The molecule has 1 unspecified atom stereocenters. The maximum atomic E-state index is 13.6. The van der Waals surface area contributed by atoms with Crippen LogP contribution in [0.3, 0.4) is 0 Å². The molecule has 1 saturated heterocycles. The van der Waals surface area contributed by atoms with Gasteiger partial charge in [0.1, 0.15) is 17.2 Å². The lowest BCUT2D eigenvalue weighted by Gasteiger charge is -2.31. The van der Waals surface area contributed by atoms with E-state index in [9.17, 15) is 4.79 Å². The summed E-state index contributed by atoms with van der Waals surface area (Å²) in [4.78, 5) is 15.8. The highest BCUT2D eigenvalue weighted by Crippen LogP contribution is 2.40. The molecule has 1 amide bonds. The maximum Gasteiger partial charge on any atom is 0.270 e. The van der Waals surface area contributed by atoms with E-state index in [1.807, 2.05) is 86.6 Å². The smallest absolute Gasteiger partial charge is 0.270 e. The van der Waals surface area contributed by atoms with Crippen LogP contribution in [0.4, 0.5) is 11.4 Å². The van der Waals surface area contributed by atoms with Gasteiger partial charge in [0.15, 0.2) is 0 Å². The first kappa shape index (κ1) is 24.4. The van der Waals surface area contributed by atoms with E-state index in [0.29, 0.717) is 49.4 Å². The average Bonchev–Trinajstić information content (AvgIpc) is 2.90. The number of benzene rings is 3. The Morgan fingerprint density at radius 3 is 2.20 bits per heavy atom. The zero-order chi connectivity index (χ0) is 24.5. The van der Waals surface area contributed by atoms with Crippen LogP contribution in [0.2, 0.25) is 0 Å². The van der Waals surface area contributed by atoms with E-state index in [-0.39, 0.29) is 5.91 Å². The van der Waals surface area contributed by atoms with Gasteiger partial charge < -0.3 is 29.2 Å². The monoisotopic (exact) mass is 476 g/mol. The van der Waals surface area contributed by atoms with Crippen molar-refractivity contribution in [1.82, 2.24) is 0 Å². The molecular formula is C28H32N2O5. The highest BCUT2D eigenvalue weighted by molar-refractivity contribution is 5.97. The van der Waals surface area contributed by atoms with Crippen molar-refractivity contribution < 1.29 is 23.7 Å². The number of carbonyl (C=O) groups excluding carboxylic acids is 1. The summed E-state index contributed by atoms with van der Waals surface area (Å²) in [7, 11) is 0. The lowest BCUT2D eigenvalue weighted by molar-refractivity contribution is -0.123. The van der Waals surface area contributed by atoms with Crippen LogP contribution in [0, 0.1) is 0 Å². The van der Waals surface area contributed by atoms with E-state index in [4.69, 9.17) is 18.9 Å². The summed E-state index contributed by atoms with van der Waals surface area (Å²) in [6, 6.07) is 22.5. The Morgan fingerprint density at radius 2 is 1.54 bits per heavy atom. The Morgan fingerprint density at radius 1 is 0.914 bits per heavy atom. The summed E-state index contributed by atoms with van der Waals surface area (Å²) in [5, 5.41) is 3.03. The molecule has 4 rings (SSSR count). The van der Waals surface area contributed by atoms with Crippen molar-refractivity contribution in [3.63, 3.8) is 0 Å². The van der Waals surface area contributed by atoms with Gasteiger partial charge in [-0.05, 0) is 26.0 Å². The number of hydrogen-bond acceptors (Lipinski definition) is 6. The number of morpholine rings is 1. The second-order valence-corrected chi connectivity index (χ2v) is 7.99. The molecule has 1 N–H and O–H groups in total. The Labute approximate surface area is 206 Å². The molecular weight excluding hydrogens is 444 g/mol. The van der Waals surface area contributed by atoms with Crippen LogP contribution in [-0.4, -0.2) is 45.4 Å². The van der Waals surface area contributed by atoms with Gasteiger partial charge in [0.05, 0.1) is 37.8 Å². The summed E-state index contributed by atoms with van der Waals surface area (Å²) in [6.45, 7) is 7.66. The average molecular weight is 477 g/mol. The number of nitrogens with one attached hydrogen (secondary N) is 1. The second kappa shape index (κ2) is 12.1. The van der Waals surface area contributed by atoms with Crippen LogP contribution in [0.1, 0.15) is 25.5 Å². The second-order valence-electron chi connectivity index (χ2n) is 7.99. The lowest BCUT2D eigenvalue weighted by atomic mass is 10.1. The largest absolute Gasteiger partial charge is 0.492 e. The summed E-state index contributed by atoms with van der Waals surface area (Å²) >= 11 is 0. The minimum atomic E-state index is -0.845. The molecule has 0 saturated carbocycles. The number of rotatable bonds is 10. The summed E-state index contributed by atoms with van der Waals surface area (Å²) in [5.74, 6) is 1.58. The molecule has 0 spiro atoms. The molecule has 1 aliphatic heterocycles. The quantitative estimate of drug-likeness (QED) is 0.440. The van der Waals surface area contributed by atoms with Crippen molar-refractivity contribution in [2.75, 3.05) is 49.7 Å². The highest BCUT2D eigenvalue weighted by Gasteiger charge is 2.26. The number of amides is 1. The van der Waals surface area contributed by atoms with Crippen molar-refractivity contribution in [3.8, 4) is 17.2 Å². The summed E-state index contributed by atoms with van der Waals surface area (Å²) < 4.78 is 23.5. The number of ether oxygens (including phenoxy) is 4. The summed E-state index contributed by atoms with van der Waals surface area (Å²) in [5.41, 5.74) is 2.22. The van der Waals surface area contributed by atoms with Gasteiger partial charge in [-0.3, -0.25) is 4.79 Å². The van der Waals surface area contributed by atoms with Crippen molar-refractivity contribution in [3.05, 3.63) is 78.4 Å². The minimum Gasteiger partial charge on any atom is -0.492 e. The van der Waals surface area contributed by atoms with Gasteiger partial charge in [0.25, 0.3) is 5.91 Å². The fraction of sp³-hybridized carbons (Fsp3) is 0.321. The molecule has 0 aromatic heterocycles. The van der Waals surface area contributed by atoms with Crippen LogP contribution < -0.4 is 24.4 Å². The van der Waals surface area contributed by atoms with Gasteiger partial charge in [-0.1, -0.05) is 48.5 Å². The Balaban J connectivity index is 1.66. The molecule has 7 nitrogen and oxygen atoms in total. The molecule has 1 fully saturated rings. The first-order chi connectivity index (χ1) is 17.2. The lowest BCUT2D eigenvalue weighted by Crippen LogP contribution is -2.36. The van der Waals surface area contributed by atoms with Gasteiger partial charge in [0.2, 0.25) is 6.10 Å². The molecule has 35 heavy (non-hydrogen) atoms. The third-order valence-electron chi connectivity index (χ3n) is 5.61. The zero-order valence-electron chi connectivity index (χ0n) is 20.2. The van der Waals surface area contributed by atoms with Crippen LogP contribution in [-0.2, 0) is 9.53 Å². The molecule has 1 aliphatic rings. The molecule has 184 valence electrons. The van der Waals surface area contributed by atoms with E-state index in [1.165, 1.54) is 0 Å². The van der Waals surface area contributed by atoms with E-state index in [0.717, 1.165) is 24.3 Å². The molecule has 0 bridgehead atoms. The van der Waals surface area contributed by atoms with E-state index >= 15 is 0 Å². The van der Waals surface area contributed by atoms with Gasteiger partial charge >= 0.3 is 0 Å². The Kier molecular flexibility index (Phi) is 8.46. The molecule has 3 aromatic rings. The maximum absolute atomic E-state index is 13.6. The van der Waals surface area contributed by atoms with Crippen molar-refractivity contribution in [2.45, 2.75) is 20.0 Å². The fourth-order valence-corrected chi connectivity index (χ4v) is 3.98. The third kappa shape index (κ3) is 6.25. The van der Waals surface area contributed by atoms with Crippen LogP contribution in [0.5, 0.6) is 17.2 Å². The molecule has 0 radical (unpaired) electrons. The number of anilines is 2. The SMILES string of the molecule is CCOc1cc(N2CCOCC2)c(OCC)cc1NC(=O)C(Oc1ccccc1)c1ccccc1. The van der Waals surface area contributed by atoms with Crippen LogP contribution in [0.25, 0.3) is 0 Å². The number of hydrogen-bond donors (Lipinski definition) is 1. The molecule has 3 aromatic carbocycles. The van der Waals surface area contributed by atoms with Gasteiger partial charge in [-0.25, -0.2) is 0 Å². The normalized spacial score (nSPS) is 14.2. The zero-order valence-corrected chi connectivity index (χ0v) is 20.2. The molecule has 0 aliphatic carbocycles. The number of para-hydroxylation sites is 1. The topological polar surface area (TPSA) is 69.3 Å². The first-order valence-electron chi connectivity index (χ1n) is 12.0. The Bertz CT molecular complexity index is 1090. The van der Waals surface area contributed by atoms with Crippen LogP contribution in [0.15, 0.2) is 72.8 Å². The van der Waals surface area contributed by atoms with E-state index in [1.54, 1.807) is 0 Å². The van der Waals surface area contributed by atoms with E-state index < -0.39 is 6.10 Å². The minimum absolute atomic E-state index is 0.303. The fourth-order valence-electron chi connectivity index (χ4n) is 3.98. The highest BCUT2D eigenvalue weighted by atomic mass is 16.5. The molecule has 1 atom stereocenters. The first-order valence-corrected chi connectivity index (χ1v) is 12.0.